The Kier molecular flexibility index (Phi) is 3.44. The first-order valence-electron chi connectivity index (χ1n) is 4.48. The van der Waals surface area contributed by atoms with Gasteiger partial charge in [0.2, 0.25) is 0 Å². The third-order valence-electron chi connectivity index (χ3n) is 1.79. The first-order chi connectivity index (χ1) is 7.00. The molecule has 4 heteroatoms. The van der Waals surface area contributed by atoms with Crippen LogP contribution in [-0.4, -0.2) is 12.5 Å². The van der Waals surface area contributed by atoms with Crippen LogP contribution in [0.15, 0.2) is 30.4 Å². The molecule has 0 heterocycles. The van der Waals surface area contributed by atoms with E-state index in [-0.39, 0.29) is 5.56 Å². The van der Waals surface area contributed by atoms with Gasteiger partial charge < -0.3 is 11.1 Å². The van der Waals surface area contributed by atoms with Gasteiger partial charge in [-0.05, 0) is 25.1 Å². The lowest BCUT2D eigenvalue weighted by Gasteiger charge is -2.05. The van der Waals surface area contributed by atoms with Gasteiger partial charge in [-0.15, -0.1) is 0 Å². The van der Waals surface area contributed by atoms with Crippen molar-refractivity contribution in [2.24, 2.45) is 0 Å². The quantitative estimate of drug-likeness (QED) is 0.587. The van der Waals surface area contributed by atoms with E-state index in [2.05, 4.69) is 11.9 Å². The van der Waals surface area contributed by atoms with Crippen molar-refractivity contribution in [2.75, 3.05) is 12.3 Å². The molecule has 1 rings (SSSR count). The van der Waals surface area contributed by atoms with Crippen LogP contribution in [0, 0.1) is 5.82 Å². The molecule has 3 N–H and O–H groups in total. The van der Waals surface area contributed by atoms with E-state index in [4.69, 9.17) is 5.73 Å². The van der Waals surface area contributed by atoms with Crippen LogP contribution in [-0.2, 0) is 0 Å². The van der Waals surface area contributed by atoms with Gasteiger partial charge in [-0.3, -0.25) is 4.79 Å². The maximum atomic E-state index is 13.3. The van der Waals surface area contributed by atoms with Crippen LogP contribution in [0.2, 0.25) is 0 Å². The predicted molar refractivity (Wildman–Crippen MR) is 58.0 cm³/mol. The Balaban J connectivity index is 2.78. The summed E-state index contributed by atoms with van der Waals surface area (Å²) in [5, 5.41) is 2.54. The summed E-state index contributed by atoms with van der Waals surface area (Å²) < 4.78 is 13.3. The van der Waals surface area contributed by atoms with Gasteiger partial charge in [-0.25, -0.2) is 4.39 Å². The molecule has 80 valence electrons. The fraction of sp³-hybridized carbons (Fsp3) is 0.182. The van der Waals surface area contributed by atoms with Crippen molar-refractivity contribution in [1.82, 2.24) is 5.32 Å². The summed E-state index contributed by atoms with van der Waals surface area (Å²) in [6.45, 7) is 5.74. The number of benzene rings is 1. The second-order valence-electron chi connectivity index (χ2n) is 3.38. The second kappa shape index (κ2) is 4.59. The average molecular weight is 208 g/mol. The smallest absolute Gasteiger partial charge is 0.254 e. The largest absolute Gasteiger partial charge is 0.399 e. The van der Waals surface area contributed by atoms with Gasteiger partial charge in [0, 0.05) is 12.2 Å². The van der Waals surface area contributed by atoms with Gasteiger partial charge in [0.05, 0.1) is 5.56 Å². The number of carbonyl (C=O) groups is 1. The standard InChI is InChI=1S/C11H13FN2O/c1-7(2)6-14-11(15)9-4-3-8(13)5-10(9)12/h3-5H,1,6,13H2,2H3,(H,14,15). The van der Waals surface area contributed by atoms with Crippen LogP contribution >= 0.6 is 0 Å². The molecule has 0 aliphatic heterocycles. The highest BCUT2D eigenvalue weighted by Gasteiger charge is 2.10. The molecule has 3 nitrogen and oxygen atoms in total. The summed E-state index contributed by atoms with van der Waals surface area (Å²) in [4.78, 5) is 11.4. The Morgan fingerprint density at radius 2 is 2.27 bits per heavy atom. The van der Waals surface area contributed by atoms with E-state index in [1.165, 1.54) is 12.1 Å². The summed E-state index contributed by atoms with van der Waals surface area (Å²) in [5.41, 5.74) is 6.46. The molecule has 0 spiro atoms. The number of hydrogen-bond acceptors (Lipinski definition) is 2. The average Bonchev–Trinajstić information content (AvgIpc) is 2.14. The van der Waals surface area contributed by atoms with Crippen molar-refractivity contribution >= 4 is 11.6 Å². The zero-order chi connectivity index (χ0) is 11.4. The first kappa shape index (κ1) is 11.2. The second-order valence-corrected chi connectivity index (χ2v) is 3.38. The Hall–Kier alpha value is -1.84. The molecule has 0 saturated heterocycles. The van der Waals surface area contributed by atoms with Crippen molar-refractivity contribution in [3.8, 4) is 0 Å². The molecule has 1 aromatic rings. The predicted octanol–water partition coefficient (Wildman–Crippen LogP) is 1.71. The van der Waals surface area contributed by atoms with Gasteiger partial charge >= 0.3 is 0 Å². The molecule has 0 aliphatic rings. The number of anilines is 1. The van der Waals surface area contributed by atoms with Gasteiger partial charge in [0.15, 0.2) is 0 Å². The molecule has 1 amide bonds. The van der Waals surface area contributed by atoms with Crippen molar-refractivity contribution in [1.29, 1.82) is 0 Å². The number of nitrogens with two attached hydrogens (primary N) is 1. The molecule has 0 unspecified atom stereocenters. The molecular formula is C11H13FN2O. The molecule has 1 aromatic carbocycles. The SMILES string of the molecule is C=C(C)CNC(=O)c1ccc(N)cc1F. The zero-order valence-corrected chi connectivity index (χ0v) is 8.51. The third kappa shape index (κ3) is 3.09. The number of halogens is 1. The van der Waals surface area contributed by atoms with Crippen molar-refractivity contribution in [2.45, 2.75) is 6.92 Å². The minimum absolute atomic E-state index is 0.00884. The monoisotopic (exact) mass is 208 g/mol. The highest BCUT2D eigenvalue weighted by molar-refractivity contribution is 5.94. The Labute approximate surface area is 87.8 Å². The Morgan fingerprint density at radius 1 is 1.60 bits per heavy atom. The lowest BCUT2D eigenvalue weighted by Crippen LogP contribution is -2.25. The van der Waals surface area contributed by atoms with Crippen LogP contribution in [0.3, 0.4) is 0 Å². The normalized spacial score (nSPS) is 9.73. The van der Waals surface area contributed by atoms with Crippen LogP contribution in [0.5, 0.6) is 0 Å². The summed E-state index contributed by atoms with van der Waals surface area (Å²) in [7, 11) is 0. The lowest BCUT2D eigenvalue weighted by molar-refractivity contribution is 0.0953. The highest BCUT2D eigenvalue weighted by Crippen LogP contribution is 2.11. The molecule has 0 fully saturated rings. The maximum absolute atomic E-state index is 13.3. The van der Waals surface area contributed by atoms with Crippen molar-refractivity contribution in [3.05, 3.63) is 41.7 Å². The van der Waals surface area contributed by atoms with Crippen LogP contribution < -0.4 is 11.1 Å². The fourth-order valence-corrected chi connectivity index (χ4v) is 1.04. The number of hydrogen-bond donors (Lipinski definition) is 2. The van der Waals surface area contributed by atoms with Gasteiger partial charge in [-0.2, -0.15) is 0 Å². The first-order valence-corrected chi connectivity index (χ1v) is 4.48. The van der Waals surface area contributed by atoms with E-state index in [1.54, 1.807) is 6.92 Å². The molecule has 0 aromatic heterocycles. The fourth-order valence-electron chi connectivity index (χ4n) is 1.04. The Morgan fingerprint density at radius 3 is 2.80 bits per heavy atom. The number of rotatable bonds is 3. The van der Waals surface area contributed by atoms with E-state index >= 15 is 0 Å². The molecule has 0 radical (unpaired) electrons. The number of nitrogen functional groups attached to an aromatic ring is 1. The summed E-state index contributed by atoms with van der Waals surface area (Å²) in [6.07, 6.45) is 0. The maximum Gasteiger partial charge on any atom is 0.254 e. The minimum atomic E-state index is -0.616. The third-order valence-corrected chi connectivity index (χ3v) is 1.79. The van der Waals surface area contributed by atoms with Gasteiger partial charge in [-0.1, -0.05) is 12.2 Å². The van der Waals surface area contributed by atoms with E-state index in [1.807, 2.05) is 0 Å². The summed E-state index contributed by atoms with van der Waals surface area (Å²) in [5.74, 6) is -1.08. The Bertz CT molecular complexity index is 402. The number of nitrogens with one attached hydrogen (secondary N) is 1. The van der Waals surface area contributed by atoms with E-state index in [9.17, 15) is 9.18 Å². The molecule has 0 aliphatic carbocycles. The van der Waals surface area contributed by atoms with Crippen LogP contribution in [0.1, 0.15) is 17.3 Å². The molecule has 0 atom stereocenters. The van der Waals surface area contributed by atoms with Gasteiger partial charge in [0.25, 0.3) is 5.91 Å². The molecule has 15 heavy (non-hydrogen) atoms. The molecule has 0 saturated carbocycles. The highest BCUT2D eigenvalue weighted by atomic mass is 19.1. The summed E-state index contributed by atoms with van der Waals surface area (Å²) in [6, 6.07) is 3.97. The van der Waals surface area contributed by atoms with E-state index in [0.717, 1.165) is 11.6 Å². The minimum Gasteiger partial charge on any atom is -0.399 e. The van der Waals surface area contributed by atoms with Crippen LogP contribution in [0.25, 0.3) is 0 Å². The van der Waals surface area contributed by atoms with Crippen molar-refractivity contribution < 1.29 is 9.18 Å². The number of carbonyl (C=O) groups excluding carboxylic acids is 1. The number of amides is 1. The van der Waals surface area contributed by atoms with E-state index < -0.39 is 11.7 Å². The van der Waals surface area contributed by atoms with E-state index in [0.29, 0.717) is 12.2 Å². The lowest BCUT2D eigenvalue weighted by atomic mass is 10.2. The topological polar surface area (TPSA) is 55.1 Å². The van der Waals surface area contributed by atoms with Gasteiger partial charge in [0.1, 0.15) is 5.82 Å². The van der Waals surface area contributed by atoms with Crippen molar-refractivity contribution in [3.63, 3.8) is 0 Å². The zero-order valence-electron chi connectivity index (χ0n) is 8.51. The van der Waals surface area contributed by atoms with Crippen LogP contribution in [0.4, 0.5) is 10.1 Å². The summed E-state index contributed by atoms with van der Waals surface area (Å²) >= 11 is 0. The molecular weight excluding hydrogens is 195 g/mol. The molecule has 0 bridgehead atoms.